The number of piperidine rings is 1. The Bertz CT molecular complexity index is 1120. The van der Waals surface area contributed by atoms with Crippen molar-refractivity contribution in [3.8, 4) is 0 Å². The number of benzene rings is 1. The van der Waals surface area contributed by atoms with Crippen molar-refractivity contribution in [2.24, 2.45) is 5.92 Å². The normalized spacial score (nSPS) is 17.4. The zero-order valence-corrected chi connectivity index (χ0v) is 19.4. The summed E-state index contributed by atoms with van der Waals surface area (Å²) in [5, 5.41) is 3.08. The van der Waals surface area contributed by atoms with Crippen LogP contribution in [-0.4, -0.2) is 38.5 Å². The topological polar surface area (TPSA) is 75.9 Å². The van der Waals surface area contributed by atoms with Crippen LogP contribution in [-0.2, 0) is 17.8 Å². The van der Waals surface area contributed by atoms with Gasteiger partial charge in [-0.2, -0.15) is 0 Å². The average molecular weight is 483 g/mol. The molecular formula is C23H27BrN6O. The first-order valence-corrected chi connectivity index (χ1v) is 11.9. The molecule has 1 fully saturated rings. The summed E-state index contributed by atoms with van der Waals surface area (Å²) in [6, 6.07) is 5.98. The SMILES string of the molecule is Cc1ccc(NC(=O)C2CCN(c3ncnc4c3nc3n4CCCCC3)CC2)c(Br)c1. The van der Waals surface area contributed by atoms with Gasteiger partial charge in [-0.3, -0.25) is 4.79 Å². The van der Waals surface area contributed by atoms with Crippen LogP contribution < -0.4 is 10.2 Å². The molecule has 2 aliphatic rings. The lowest BCUT2D eigenvalue weighted by atomic mass is 9.95. The summed E-state index contributed by atoms with van der Waals surface area (Å²) in [5.74, 6) is 2.13. The second kappa shape index (κ2) is 8.57. The Kier molecular flexibility index (Phi) is 5.65. The first-order valence-electron chi connectivity index (χ1n) is 11.1. The van der Waals surface area contributed by atoms with Crippen LogP contribution in [0.1, 0.15) is 43.5 Å². The molecule has 4 heterocycles. The molecule has 0 aliphatic carbocycles. The van der Waals surface area contributed by atoms with Gasteiger partial charge < -0.3 is 14.8 Å². The van der Waals surface area contributed by atoms with Crippen LogP contribution in [0.4, 0.5) is 11.5 Å². The van der Waals surface area contributed by atoms with Crippen LogP contribution in [0.5, 0.6) is 0 Å². The number of fused-ring (bicyclic) bond motifs is 3. The first kappa shape index (κ1) is 20.4. The molecule has 31 heavy (non-hydrogen) atoms. The number of nitrogens with zero attached hydrogens (tertiary/aromatic N) is 5. The third-order valence-corrected chi connectivity index (χ3v) is 7.08. The number of imidazole rings is 1. The van der Waals surface area contributed by atoms with Crippen LogP contribution in [0.3, 0.4) is 0 Å². The van der Waals surface area contributed by atoms with E-state index in [2.05, 4.69) is 40.7 Å². The molecule has 2 aromatic heterocycles. The molecule has 0 unspecified atom stereocenters. The minimum Gasteiger partial charge on any atom is -0.355 e. The number of hydrogen-bond acceptors (Lipinski definition) is 5. The highest BCUT2D eigenvalue weighted by atomic mass is 79.9. The van der Waals surface area contributed by atoms with Crippen LogP contribution in [0.2, 0.25) is 0 Å². The van der Waals surface area contributed by atoms with Crippen molar-refractivity contribution in [2.75, 3.05) is 23.3 Å². The van der Waals surface area contributed by atoms with E-state index in [-0.39, 0.29) is 11.8 Å². The average Bonchev–Trinajstić information content (AvgIpc) is 2.96. The maximum absolute atomic E-state index is 12.8. The van der Waals surface area contributed by atoms with Gasteiger partial charge in [-0.15, -0.1) is 0 Å². The van der Waals surface area contributed by atoms with Crippen molar-refractivity contribution in [1.29, 1.82) is 0 Å². The van der Waals surface area contributed by atoms with Gasteiger partial charge in [-0.25, -0.2) is 15.0 Å². The van der Waals surface area contributed by atoms with Gasteiger partial charge in [0.1, 0.15) is 12.2 Å². The minimum absolute atomic E-state index is 0.000459. The van der Waals surface area contributed by atoms with Crippen LogP contribution >= 0.6 is 15.9 Å². The molecule has 1 amide bonds. The van der Waals surface area contributed by atoms with Crippen molar-refractivity contribution in [3.05, 3.63) is 40.4 Å². The molecule has 7 nitrogen and oxygen atoms in total. The smallest absolute Gasteiger partial charge is 0.227 e. The monoisotopic (exact) mass is 482 g/mol. The predicted molar refractivity (Wildman–Crippen MR) is 125 cm³/mol. The largest absolute Gasteiger partial charge is 0.355 e. The predicted octanol–water partition coefficient (Wildman–Crippen LogP) is 4.48. The number of nitrogens with one attached hydrogen (secondary N) is 1. The molecule has 1 aromatic carbocycles. The summed E-state index contributed by atoms with van der Waals surface area (Å²) in [5.41, 5.74) is 3.85. The number of rotatable bonds is 3. The van der Waals surface area contributed by atoms with Gasteiger partial charge in [0, 0.05) is 36.4 Å². The first-order chi connectivity index (χ1) is 15.1. The highest BCUT2D eigenvalue weighted by molar-refractivity contribution is 9.10. The highest BCUT2D eigenvalue weighted by Gasteiger charge is 2.28. The number of aryl methyl sites for hydroxylation is 3. The number of carbonyl (C=O) groups excluding carboxylic acids is 1. The molecule has 162 valence electrons. The minimum atomic E-state index is 0.000459. The second-order valence-electron chi connectivity index (χ2n) is 8.59. The van der Waals surface area contributed by atoms with Gasteiger partial charge in [0.2, 0.25) is 5.91 Å². The fourth-order valence-electron chi connectivity index (χ4n) is 4.67. The van der Waals surface area contributed by atoms with E-state index in [9.17, 15) is 4.79 Å². The van der Waals surface area contributed by atoms with Crippen molar-refractivity contribution in [2.45, 2.75) is 52.0 Å². The van der Waals surface area contributed by atoms with Gasteiger partial charge >= 0.3 is 0 Å². The maximum atomic E-state index is 12.8. The lowest BCUT2D eigenvalue weighted by molar-refractivity contribution is -0.120. The highest BCUT2D eigenvalue weighted by Crippen LogP contribution is 2.30. The van der Waals surface area contributed by atoms with Crippen LogP contribution in [0.25, 0.3) is 11.2 Å². The number of carbonyl (C=O) groups is 1. The van der Waals surface area contributed by atoms with E-state index in [4.69, 9.17) is 4.98 Å². The van der Waals surface area contributed by atoms with E-state index in [0.717, 1.165) is 77.4 Å². The van der Waals surface area contributed by atoms with E-state index < -0.39 is 0 Å². The summed E-state index contributed by atoms with van der Waals surface area (Å²) in [4.78, 5) is 29.2. The number of amides is 1. The quantitative estimate of drug-likeness (QED) is 0.595. The maximum Gasteiger partial charge on any atom is 0.227 e. The van der Waals surface area contributed by atoms with Gasteiger partial charge in [-0.1, -0.05) is 12.5 Å². The van der Waals surface area contributed by atoms with E-state index in [1.807, 2.05) is 25.1 Å². The van der Waals surface area contributed by atoms with Crippen molar-refractivity contribution < 1.29 is 4.79 Å². The van der Waals surface area contributed by atoms with Crippen LogP contribution in [0, 0.1) is 12.8 Å². The Morgan fingerprint density at radius 3 is 2.77 bits per heavy atom. The Hall–Kier alpha value is -2.48. The zero-order valence-electron chi connectivity index (χ0n) is 17.8. The Morgan fingerprint density at radius 2 is 1.97 bits per heavy atom. The van der Waals surface area contributed by atoms with Crippen molar-refractivity contribution in [1.82, 2.24) is 19.5 Å². The molecule has 3 aromatic rings. The molecule has 0 bridgehead atoms. The third-order valence-electron chi connectivity index (χ3n) is 6.42. The molecule has 0 radical (unpaired) electrons. The molecule has 0 saturated carbocycles. The van der Waals surface area contributed by atoms with Gasteiger partial charge in [0.05, 0.1) is 5.69 Å². The summed E-state index contributed by atoms with van der Waals surface area (Å²) in [6.07, 6.45) is 7.87. The summed E-state index contributed by atoms with van der Waals surface area (Å²) in [6.45, 7) is 4.61. The van der Waals surface area contributed by atoms with E-state index in [0.29, 0.717) is 0 Å². The number of halogens is 1. The van der Waals surface area contributed by atoms with Gasteiger partial charge in [0.25, 0.3) is 0 Å². The lowest BCUT2D eigenvalue weighted by Gasteiger charge is -2.32. The lowest BCUT2D eigenvalue weighted by Crippen LogP contribution is -2.38. The fourth-order valence-corrected chi connectivity index (χ4v) is 5.26. The second-order valence-corrected chi connectivity index (χ2v) is 9.45. The zero-order chi connectivity index (χ0) is 21.4. The van der Waals surface area contributed by atoms with E-state index >= 15 is 0 Å². The Morgan fingerprint density at radius 1 is 1.13 bits per heavy atom. The third kappa shape index (κ3) is 4.05. The molecule has 0 spiro atoms. The molecule has 2 aliphatic heterocycles. The van der Waals surface area contributed by atoms with E-state index in [1.54, 1.807) is 6.33 Å². The van der Waals surface area contributed by atoms with Gasteiger partial charge in [-0.05, 0) is 66.2 Å². The molecule has 1 saturated heterocycles. The Balaban J connectivity index is 1.29. The van der Waals surface area contributed by atoms with Crippen molar-refractivity contribution in [3.63, 3.8) is 0 Å². The molecule has 8 heteroatoms. The number of hydrogen-bond donors (Lipinski definition) is 1. The summed E-state index contributed by atoms with van der Waals surface area (Å²) in [7, 11) is 0. The number of anilines is 2. The molecule has 5 rings (SSSR count). The number of aromatic nitrogens is 4. The Labute approximate surface area is 190 Å². The fraction of sp³-hybridized carbons (Fsp3) is 0.478. The standard InChI is InChI=1S/C23H27BrN6O/c1-15-6-7-18(17(24)13-15)27-23(31)16-8-11-29(12-9-16)21-20-22(26-14-25-21)30-10-4-2-3-5-19(30)28-20/h6-7,13-14,16H,2-5,8-12H2,1H3,(H,27,31). The molecular weight excluding hydrogens is 456 g/mol. The summed E-state index contributed by atoms with van der Waals surface area (Å²) < 4.78 is 3.19. The molecule has 0 atom stereocenters. The van der Waals surface area contributed by atoms with Crippen LogP contribution in [0.15, 0.2) is 29.0 Å². The summed E-state index contributed by atoms with van der Waals surface area (Å²) >= 11 is 3.55. The van der Waals surface area contributed by atoms with E-state index in [1.165, 1.54) is 19.3 Å². The van der Waals surface area contributed by atoms with Gasteiger partial charge in [0.15, 0.2) is 17.0 Å². The molecule has 1 N–H and O–H groups in total. The van der Waals surface area contributed by atoms with Crippen molar-refractivity contribution >= 4 is 44.5 Å².